The molecule has 0 aliphatic carbocycles. The van der Waals surface area contributed by atoms with Crippen LogP contribution in [0.1, 0.15) is 271 Å². The van der Waals surface area contributed by atoms with E-state index in [2.05, 4.69) is 13.8 Å². The number of rotatable bonds is 43. The van der Waals surface area contributed by atoms with Crippen LogP contribution in [0.3, 0.4) is 0 Å². The third kappa shape index (κ3) is 44.9. The second-order valence-corrected chi connectivity index (χ2v) is 18.3. The molecule has 0 unspecified atom stereocenters. The van der Waals surface area contributed by atoms with E-state index in [1.54, 1.807) is 16.5 Å². The van der Waals surface area contributed by atoms with Crippen LogP contribution < -0.4 is 0 Å². The van der Waals surface area contributed by atoms with Gasteiger partial charge >= 0.3 is 0 Å². The minimum Gasteiger partial charge on any atom is -0.0654 e. The van der Waals surface area contributed by atoms with Crippen molar-refractivity contribution in [1.82, 2.24) is 0 Å². The molecule has 0 nitrogen and oxygen atoms in total. The van der Waals surface area contributed by atoms with Crippen LogP contribution in [0.25, 0.3) is 0 Å². The average Bonchev–Trinajstić information content (AvgIpc) is 3.07. The summed E-state index contributed by atoms with van der Waals surface area (Å²) in [5.74, 6) is 0. The predicted octanol–water partition coefficient (Wildman–Crippen LogP) is 18.4. The quantitative estimate of drug-likeness (QED) is 0.0444. The summed E-state index contributed by atoms with van der Waals surface area (Å²) in [7, 11) is 3.43. The largest absolute Gasteiger partial charge is 0.0654 e. The van der Waals surface area contributed by atoms with Gasteiger partial charge in [0.1, 0.15) is 0 Å². The van der Waals surface area contributed by atoms with Crippen LogP contribution in [0, 0.1) is 0 Å². The van der Waals surface area contributed by atoms with Gasteiger partial charge in [-0.15, -0.1) is 0 Å². The minimum absolute atomic E-state index is 1.37. The number of hydrogen-bond donors (Lipinski definition) is 0. The molecule has 0 aliphatic heterocycles. The number of unbranched alkanes of at least 4 members (excludes halogenated alkanes) is 38. The molecule has 0 spiro atoms. The van der Waals surface area contributed by atoms with Crippen LogP contribution in [0.4, 0.5) is 0 Å². The lowest BCUT2D eigenvalue weighted by Crippen LogP contribution is -1.85. The van der Waals surface area contributed by atoms with Crippen molar-refractivity contribution in [2.45, 2.75) is 271 Å². The van der Waals surface area contributed by atoms with Gasteiger partial charge in [0.05, 0.1) is 0 Å². The number of hydrogen-bond acceptors (Lipinski definition) is 0. The fourth-order valence-corrected chi connectivity index (χ4v) is 9.73. The Morgan fingerprint density at radius 2 is 0.304 bits per heavy atom. The molecular weight excluding hydrogens is 590 g/mol. The Morgan fingerprint density at radius 1 is 0.174 bits per heavy atom. The van der Waals surface area contributed by atoms with Crippen LogP contribution in [0.15, 0.2) is 0 Å². The van der Waals surface area contributed by atoms with E-state index in [0.717, 1.165) is 0 Å². The Balaban J connectivity index is 3.03. The van der Waals surface area contributed by atoms with E-state index >= 15 is 0 Å². The third-order valence-electron chi connectivity index (χ3n) is 10.3. The molecule has 0 saturated carbocycles. The van der Waals surface area contributed by atoms with Gasteiger partial charge in [0.25, 0.3) is 0 Å². The van der Waals surface area contributed by atoms with E-state index in [1.807, 2.05) is 0 Å². The topological polar surface area (TPSA) is 0 Å². The fraction of sp³-hybridized carbons (Fsp3) is 1.00. The van der Waals surface area contributed by atoms with Crippen molar-refractivity contribution in [3.63, 3.8) is 0 Å². The zero-order valence-electron chi connectivity index (χ0n) is 32.6. The Bertz CT molecular complexity index is 448. The van der Waals surface area contributed by atoms with Crippen LogP contribution in [-0.2, 0) is 0 Å². The predicted molar refractivity (Wildman–Crippen MR) is 220 cm³/mol. The molecule has 0 bridgehead atoms. The minimum atomic E-state index is 1.37. The normalized spacial score (nSPS) is 12.1. The van der Waals surface area contributed by atoms with E-state index in [0.29, 0.717) is 0 Å². The van der Waals surface area contributed by atoms with Gasteiger partial charge in [-0.05, 0) is 41.7 Å². The Morgan fingerprint density at radius 3 is 0.457 bits per heavy atom. The maximum absolute atomic E-state index is 2.31. The molecule has 0 fully saturated rings. The molecule has 0 aliphatic rings. The van der Waals surface area contributed by atoms with Gasteiger partial charge in [-0.1, -0.05) is 258 Å². The second-order valence-electron chi connectivity index (χ2n) is 15.2. The molecule has 2 radical (unpaired) electrons. The summed E-state index contributed by atoms with van der Waals surface area (Å²) in [5.41, 5.74) is 0. The van der Waals surface area contributed by atoms with Crippen molar-refractivity contribution in [3.8, 4) is 0 Å². The van der Waals surface area contributed by atoms with Gasteiger partial charge in [0.2, 0.25) is 0 Å². The van der Waals surface area contributed by atoms with Crippen molar-refractivity contribution < 1.29 is 0 Å². The van der Waals surface area contributed by atoms with Crippen LogP contribution in [0.2, 0.25) is 0 Å². The SMILES string of the molecule is CCCCCCCCCCCCCCCCCCCCCC[P][P]CCCCCCCCCCCCCCCCCCCCCC. The second kappa shape index (κ2) is 45.9. The molecule has 276 valence electrons. The highest BCUT2D eigenvalue weighted by molar-refractivity contribution is 8.11. The van der Waals surface area contributed by atoms with Gasteiger partial charge in [-0.2, -0.15) is 0 Å². The highest BCUT2D eigenvalue weighted by Crippen LogP contribution is 2.38. The first-order valence-electron chi connectivity index (χ1n) is 22.2. The van der Waals surface area contributed by atoms with E-state index in [9.17, 15) is 0 Å². The molecular formula is C44H90P2. The van der Waals surface area contributed by atoms with Crippen LogP contribution in [0.5, 0.6) is 0 Å². The summed E-state index contributed by atoms with van der Waals surface area (Å²) in [6.45, 7) is 4.62. The molecule has 0 atom stereocenters. The standard InChI is InChI=1S/C44H90P2/c1-3-5-7-9-11-13-15-17-19-21-23-25-27-29-31-33-35-37-39-41-43-45-46-44-42-40-38-36-34-32-30-28-26-24-22-20-18-16-14-12-10-8-6-4-2/h3-44H2,1-2H3. The summed E-state index contributed by atoms with van der Waals surface area (Å²) < 4.78 is 0. The molecule has 0 aromatic rings. The van der Waals surface area contributed by atoms with E-state index in [4.69, 9.17) is 0 Å². The van der Waals surface area contributed by atoms with Gasteiger partial charge < -0.3 is 0 Å². The molecule has 0 aromatic carbocycles. The highest BCUT2D eigenvalue weighted by atomic mass is 32.0. The summed E-state index contributed by atoms with van der Waals surface area (Å²) in [6, 6.07) is 0. The summed E-state index contributed by atoms with van der Waals surface area (Å²) in [6.07, 6.45) is 62.2. The summed E-state index contributed by atoms with van der Waals surface area (Å²) >= 11 is 0. The average molecular weight is 681 g/mol. The lowest BCUT2D eigenvalue weighted by atomic mass is 10.0. The molecule has 2 heteroatoms. The van der Waals surface area contributed by atoms with Gasteiger partial charge in [-0.25, -0.2) is 0 Å². The summed E-state index contributed by atoms with van der Waals surface area (Å²) in [4.78, 5) is 0. The van der Waals surface area contributed by atoms with Crippen LogP contribution in [-0.4, -0.2) is 12.3 Å². The lowest BCUT2D eigenvalue weighted by Gasteiger charge is -2.04. The zero-order valence-corrected chi connectivity index (χ0v) is 34.4. The van der Waals surface area contributed by atoms with E-state index in [-0.39, 0.29) is 0 Å². The van der Waals surface area contributed by atoms with Crippen molar-refractivity contribution in [3.05, 3.63) is 0 Å². The Labute approximate surface area is 298 Å². The lowest BCUT2D eigenvalue weighted by molar-refractivity contribution is 0.523. The Hall–Kier alpha value is 0.860. The molecule has 0 N–H and O–H groups in total. The highest BCUT2D eigenvalue weighted by Gasteiger charge is 1.98. The monoisotopic (exact) mass is 681 g/mol. The maximum Gasteiger partial charge on any atom is -0.0242 e. The van der Waals surface area contributed by atoms with Crippen molar-refractivity contribution in [2.75, 3.05) is 12.3 Å². The Kier molecular flexibility index (Phi) is 46.7. The molecule has 46 heavy (non-hydrogen) atoms. The first kappa shape index (κ1) is 46.9. The smallest absolute Gasteiger partial charge is 0.0242 e. The van der Waals surface area contributed by atoms with Crippen molar-refractivity contribution >= 4 is 16.5 Å². The maximum atomic E-state index is 2.31. The van der Waals surface area contributed by atoms with Gasteiger partial charge in [-0.3, -0.25) is 0 Å². The molecule has 0 amide bonds. The molecule has 0 heterocycles. The van der Waals surface area contributed by atoms with Crippen LogP contribution >= 0.6 is 16.5 Å². The van der Waals surface area contributed by atoms with Gasteiger partial charge in [0, 0.05) is 0 Å². The molecule has 0 rings (SSSR count). The van der Waals surface area contributed by atoms with E-state index < -0.39 is 0 Å². The third-order valence-corrected chi connectivity index (χ3v) is 13.4. The van der Waals surface area contributed by atoms with Crippen molar-refractivity contribution in [2.24, 2.45) is 0 Å². The molecule has 0 saturated heterocycles. The zero-order chi connectivity index (χ0) is 33.1. The molecule has 0 aromatic heterocycles. The van der Waals surface area contributed by atoms with Crippen molar-refractivity contribution in [1.29, 1.82) is 0 Å². The van der Waals surface area contributed by atoms with E-state index in [1.165, 1.54) is 269 Å². The first-order valence-corrected chi connectivity index (χ1v) is 25.1. The first-order chi connectivity index (χ1) is 22.9. The fourth-order valence-electron chi connectivity index (χ4n) is 7.02. The van der Waals surface area contributed by atoms with Gasteiger partial charge in [0.15, 0.2) is 0 Å². The summed E-state index contributed by atoms with van der Waals surface area (Å²) in [5, 5.41) is 0.